The molecule has 1 aromatic rings. The Hall–Kier alpha value is -1.13. The summed E-state index contributed by atoms with van der Waals surface area (Å²) in [6, 6.07) is 0. The van der Waals surface area contributed by atoms with Gasteiger partial charge >= 0.3 is 0 Å². The zero-order valence-electron chi connectivity index (χ0n) is 11.6. The zero-order valence-corrected chi connectivity index (χ0v) is 11.6. The van der Waals surface area contributed by atoms with Gasteiger partial charge in [0.25, 0.3) is 0 Å². The third kappa shape index (κ3) is 3.43. The third-order valence-electron chi connectivity index (χ3n) is 3.61. The van der Waals surface area contributed by atoms with E-state index in [9.17, 15) is 0 Å². The maximum Gasteiger partial charge on any atom is 0.0658 e. The molecule has 4 nitrogen and oxygen atoms in total. The summed E-state index contributed by atoms with van der Waals surface area (Å²) in [6.07, 6.45) is 5.29. The van der Waals surface area contributed by atoms with E-state index in [0.717, 1.165) is 26.2 Å². The average Bonchev–Trinajstić information content (AvgIpc) is 2.79. The van der Waals surface area contributed by atoms with Crippen LogP contribution in [0.4, 0.5) is 0 Å². The fourth-order valence-electron chi connectivity index (χ4n) is 2.28. The van der Waals surface area contributed by atoms with Crippen LogP contribution in [-0.2, 0) is 17.8 Å². The van der Waals surface area contributed by atoms with Crippen LogP contribution in [0.5, 0.6) is 0 Å². The van der Waals surface area contributed by atoms with Crippen molar-refractivity contribution in [2.75, 3.05) is 26.8 Å². The summed E-state index contributed by atoms with van der Waals surface area (Å²) >= 11 is 0. The number of nitrogens with zero attached hydrogens (tertiary/aromatic N) is 3. The Kier molecular flexibility index (Phi) is 4.55. The van der Waals surface area contributed by atoms with Crippen molar-refractivity contribution < 1.29 is 4.74 Å². The Morgan fingerprint density at radius 3 is 2.89 bits per heavy atom. The van der Waals surface area contributed by atoms with Crippen LogP contribution in [0.25, 0.3) is 0 Å². The molecule has 0 unspecified atom stereocenters. The van der Waals surface area contributed by atoms with Crippen molar-refractivity contribution in [3.8, 4) is 0 Å². The van der Waals surface area contributed by atoms with E-state index in [-0.39, 0.29) is 0 Å². The van der Waals surface area contributed by atoms with Gasteiger partial charge in [0.2, 0.25) is 0 Å². The molecular weight excluding hydrogens is 226 g/mol. The Labute approximate surface area is 109 Å². The first-order valence-corrected chi connectivity index (χ1v) is 6.57. The summed E-state index contributed by atoms with van der Waals surface area (Å²) in [4.78, 5) is 2.49. The molecule has 0 bridgehead atoms. The minimum Gasteiger partial charge on any atom is -0.383 e. The van der Waals surface area contributed by atoms with Gasteiger partial charge in [-0.1, -0.05) is 11.1 Å². The van der Waals surface area contributed by atoms with Crippen LogP contribution < -0.4 is 0 Å². The van der Waals surface area contributed by atoms with Gasteiger partial charge in [0.15, 0.2) is 0 Å². The molecular formula is C14H23N3O. The van der Waals surface area contributed by atoms with E-state index in [4.69, 9.17) is 4.74 Å². The Morgan fingerprint density at radius 2 is 2.17 bits per heavy atom. The van der Waals surface area contributed by atoms with Crippen LogP contribution >= 0.6 is 0 Å². The first-order chi connectivity index (χ1) is 8.69. The van der Waals surface area contributed by atoms with Crippen molar-refractivity contribution in [2.24, 2.45) is 0 Å². The van der Waals surface area contributed by atoms with E-state index in [0.29, 0.717) is 6.61 Å². The molecule has 18 heavy (non-hydrogen) atoms. The molecule has 0 aliphatic carbocycles. The van der Waals surface area contributed by atoms with E-state index >= 15 is 0 Å². The first-order valence-electron chi connectivity index (χ1n) is 6.57. The highest BCUT2D eigenvalue weighted by atomic mass is 16.5. The molecule has 2 rings (SSSR count). The predicted octanol–water partition coefficient (Wildman–Crippen LogP) is 2.07. The first kappa shape index (κ1) is 13.3. The van der Waals surface area contributed by atoms with Crippen molar-refractivity contribution in [1.29, 1.82) is 0 Å². The lowest BCUT2D eigenvalue weighted by molar-refractivity contribution is 0.183. The molecule has 2 heterocycles. The molecule has 1 aromatic heterocycles. The van der Waals surface area contributed by atoms with Crippen LogP contribution in [0, 0.1) is 0 Å². The minimum absolute atomic E-state index is 0.714. The monoisotopic (exact) mass is 249 g/mol. The SMILES string of the molecule is COCCn1cc(CN2CCC(C)=C(C)C2)cn1. The van der Waals surface area contributed by atoms with Gasteiger partial charge in [0.05, 0.1) is 19.3 Å². The van der Waals surface area contributed by atoms with Crippen molar-refractivity contribution in [3.63, 3.8) is 0 Å². The molecule has 0 saturated carbocycles. The lowest BCUT2D eigenvalue weighted by atomic mass is 10.0. The summed E-state index contributed by atoms with van der Waals surface area (Å²) < 4.78 is 7.01. The largest absolute Gasteiger partial charge is 0.383 e. The second-order valence-corrected chi connectivity index (χ2v) is 5.13. The molecule has 0 fully saturated rings. The number of methoxy groups -OCH3 is 1. The van der Waals surface area contributed by atoms with E-state index in [1.54, 1.807) is 12.7 Å². The normalized spacial score (nSPS) is 17.5. The predicted molar refractivity (Wildman–Crippen MR) is 72.4 cm³/mol. The molecule has 0 atom stereocenters. The number of rotatable bonds is 5. The van der Waals surface area contributed by atoms with E-state index in [1.165, 1.54) is 17.6 Å². The highest BCUT2D eigenvalue weighted by Gasteiger charge is 2.14. The second kappa shape index (κ2) is 6.16. The zero-order chi connectivity index (χ0) is 13.0. The summed E-state index contributed by atoms with van der Waals surface area (Å²) in [6.45, 7) is 9.28. The van der Waals surface area contributed by atoms with Gasteiger partial charge in [0.1, 0.15) is 0 Å². The quantitative estimate of drug-likeness (QED) is 0.748. The molecule has 100 valence electrons. The highest BCUT2D eigenvalue weighted by Crippen LogP contribution is 2.18. The van der Waals surface area contributed by atoms with Gasteiger partial charge in [-0.3, -0.25) is 9.58 Å². The number of hydrogen-bond donors (Lipinski definition) is 0. The molecule has 0 amide bonds. The second-order valence-electron chi connectivity index (χ2n) is 5.13. The summed E-state index contributed by atoms with van der Waals surface area (Å²) in [7, 11) is 1.72. The van der Waals surface area contributed by atoms with Crippen molar-refractivity contribution in [1.82, 2.24) is 14.7 Å². The maximum absolute atomic E-state index is 5.05. The summed E-state index contributed by atoms with van der Waals surface area (Å²) in [5, 5.41) is 4.35. The minimum atomic E-state index is 0.714. The van der Waals surface area contributed by atoms with Gasteiger partial charge in [-0.25, -0.2) is 0 Å². The molecule has 0 spiro atoms. The Balaban J connectivity index is 1.88. The van der Waals surface area contributed by atoms with Crippen molar-refractivity contribution in [2.45, 2.75) is 33.4 Å². The van der Waals surface area contributed by atoms with Crippen LogP contribution in [0.1, 0.15) is 25.8 Å². The van der Waals surface area contributed by atoms with Crippen LogP contribution in [0.2, 0.25) is 0 Å². The number of ether oxygens (including phenoxy) is 1. The van der Waals surface area contributed by atoms with E-state index < -0.39 is 0 Å². The molecule has 0 N–H and O–H groups in total. The highest BCUT2D eigenvalue weighted by molar-refractivity contribution is 5.15. The van der Waals surface area contributed by atoms with E-state index in [2.05, 4.69) is 30.0 Å². The fourth-order valence-corrected chi connectivity index (χ4v) is 2.28. The summed E-state index contributed by atoms with van der Waals surface area (Å²) in [5.41, 5.74) is 4.37. The van der Waals surface area contributed by atoms with Gasteiger partial charge in [-0.15, -0.1) is 0 Å². The molecule has 4 heteroatoms. The molecule has 1 aliphatic heterocycles. The number of aromatic nitrogens is 2. The van der Waals surface area contributed by atoms with Crippen LogP contribution in [0.15, 0.2) is 23.5 Å². The Morgan fingerprint density at radius 1 is 1.33 bits per heavy atom. The molecule has 0 saturated heterocycles. The van der Waals surface area contributed by atoms with Gasteiger partial charge < -0.3 is 4.74 Å². The van der Waals surface area contributed by atoms with E-state index in [1.807, 2.05) is 10.9 Å². The smallest absolute Gasteiger partial charge is 0.0658 e. The number of hydrogen-bond acceptors (Lipinski definition) is 3. The topological polar surface area (TPSA) is 30.3 Å². The van der Waals surface area contributed by atoms with Crippen molar-refractivity contribution >= 4 is 0 Å². The lowest BCUT2D eigenvalue weighted by Gasteiger charge is -2.28. The van der Waals surface area contributed by atoms with Crippen molar-refractivity contribution in [3.05, 3.63) is 29.1 Å². The van der Waals surface area contributed by atoms with Crippen LogP contribution in [-0.4, -0.2) is 41.5 Å². The van der Waals surface area contributed by atoms with Gasteiger partial charge in [-0.2, -0.15) is 5.10 Å². The molecule has 1 aliphatic rings. The molecule has 0 aromatic carbocycles. The molecule has 0 radical (unpaired) electrons. The summed E-state index contributed by atoms with van der Waals surface area (Å²) in [5.74, 6) is 0. The van der Waals surface area contributed by atoms with Crippen LogP contribution in [0.3, 0.4) is 0 Å². The maximum atomic E-state index is 5.05. The van der Waals surface area contributed by atoms with Gasteiger partial charge in [0, 0.05) is 38.5 Å². The average molecular weight is 249 g/mol. The fraction of sp³-hybridized carbons (Fsp3) is 0.643. The lowest BCUT2D eigenvalue weighted by Crippen LogP contribution is -2.30. The standard InChI is InChI=1S/C14H23N3O/c1-12-4-5-16(9-13(12)2)10-14-8-15-17(11-14)6-7-18-3/h8,11H,4-7,9-10H2,1-3H3. The van der Waals surface area contributed by atoms with Gasteiger partial charge in [-0.05, 0) is 20.3 Å². The Bertz CT molecular complexity index is 422. The third-order valence-corrected chi connectivity index (χ3v) is 3.61.